The molecule has 0 amide bonds. The van der Waals surface area contributed by atoms with Gasteiger partial charge in [0.2, 0.25) is 10.0 Å². The van der Waals surface area contributed by atoms with Crippen molar-refractivity contribution >= 4 is 16.0 Å². The first-order chi connectivity index (χ1) is 11.3. The van der Waals surface area contributed by atoms with E-state index in [4.69, 9.17) is 0 Å². The minimum atomic E-state index is -3.08. The number of guanidine groups is 1. The zero-order valence-electron chi connectivity index (χ0n) is 16.0. The predicted molar refractivity (Wildman–Crippen MR) is 102 cm³/mol. The van der Waals surface area contributed by atoms with Crippen molar-refractivity contribution in [2.75, 3.05) is 32.9 Å². The summed E-state index contributed by atoms with van der Waals surface area (Å²) in [6, 6.07) is 0.495. The third-order valence-electron chi connectivity index (χ3n) is 5.06. The highest BCUT2D eigenvalue weighted by Gasteiger charge is 2.23. The van der Waals surface area contributed by atoms with Crippen LogP contribution in [0.25, 0.3) is 0 Å². The van der Waals surface area contributed by atoms with Gasteiger partial charge in [-0.25, -0.2) is 12.7 Å². The molecule has 7 heteroatoms. The summed E-state index contributed by atoms with van der Waals surface area (Å²) < 4.78 is 24.8. The summed E-state index contributed by atoms with van der Waals surface area (Å²) in [5, 5.41) is 6.79. The molecule has 2 N–H and O–H groups in total. The van der Waals surface area contributed by atoms with E-state index in [-0.39, 0.29) is 5.75 Å². The monoisotopic (exact) mass is 360 g/mol. The third-order valence-corrected chi connectivity index (χ3v) is 6.92. The number of aliphatic imine (C=N–C) groups is 1. The Labute approximate surface area is 148 Å². The molecule has 0 unspecified atom stereocenters. The average molecular weight is 361 g/mol. The van der Waals surface area contributed by atoms with Crippen molar-refractivity contribution in [3.05, 3.63) is 0 Å². The van der Waals surface area contributed by atoms with Crippen LogP contribution in [0.15, 0.2) is 4.99 Å². The fourth-order valence-corrected chi connectivity index (χ4v) is 4.03. The van der Waals surface area contributed by atoms with Gasteiger partial charge in [0.25, 0.3) is 0 Å². The Morgan fingerprint density at radius 3 is 2.38 bits per heavy atom. The minimum absolute atomic E-state index is 0.152. The standard InChI is InChI=1S/C17H36N4O2S/c1-6-24(22,23)21(5)13-7-12-19-17(18-4)20-16-10-8-15(9-11-16)14(2)3/h14-16H,6-13H2,1-5H3,(H2,18,19,20). The maximum absolute atomic E-state index is 11.7. The van der Waals surface area contributed by atoms with E-state index in [0.29, 0.717) is 19.1 Å². The van der Waals surface area contributed by atoms with E-state index in [1.165, 1.54) is 30.0 Å². The van der Waals surface area contributed by atoms with E-state index < -0.39 is 10.0 Å². The predicted octanol–water partition coefficient (Wildman–Crippen LogP) is 2.04. The zero-order valence-corrected chi connectivity index (χ0v) is 16.8. The Bertz CT molecular complexity index is 483. The van der Waals surface area contributed by atoms with Gasteiger partial charge in [0.15, 0.2) is 5.96 Å². The van der Waals surface area contributed by atoms with Gasteiger partial charge in [0, 0.05) is 33.2 Å². The van der Waals surface area contributed by atoms with Crippen LogP contribution in [0.3, 0.4) is 0 Å². The number of nitrogens with one attached hydrogen (secondary N) is 2. The molecular weight excluding hydrogens is 324 g/mol. The van der Waals surface area contributed by atoms with Gasteiger partial charge in [-0.05, 0) is 50.9 Å². The van der Waals surface area contributed by atoms with Gasteiger partial charge in [-0.2, -0.15) is 0 Å². The van der Waals surface area contributed by atoms with Crippen molar-refractivity contribution in [1.82, 2.24) is 14.9 Å². The molecule has 0 aromatic carbocycles. The number of rotatable bonds is 8. The normalized spacial score (nSPS) is 22.9. The van der Waals surface area contributed by atoms with Gasteiger partial charge in [-0.3, -0.25) is 4.99 Å². The molecule has 1 rings (SSSR count). The van der Waals surface area contributed by atoms with E-state index in [2.05, 4.69) is 29.5 Å². The molecule has 0 atom stereocenters. The molecule has 0 heterocycles. The SMILES string of the molecule is CCS(=O)(=O)N(C)CCCNC(=NC)NC1CCC(C(C)C)CC1. The first-order valence-corrected chi connectivity index (χ1v) is 10.8. The summed E-state index contributed by atoms with van der Waals surface area (Å²) in [6.45, 7) is 7.54. The maximum atomic E-state index is 11.7. The molecule has 0 aliphatic heterocycles. The summed E-state index contributed by atoms with van der Waals surface area (Å²) >= 11 is 0. The first kappa shape index (κ1) is 21.2. The Morgan fingerprint density at radius 1 is 1.25 bits per heavy atom. The van der Waals surface area contributed by atoms with Crippen LogP contribution in [-0.4, -0.2) is 57.7 Å². The second kappa shape index (κ2) is 10.2. The molecule has 6 nitrogen and oxygen atoms in total. The van der Waals surface area contributed by atoms with E-state index >= 15 is 0 Å². The smallest absolute Gasteiger partial charge is 0.213 e. The summed E-state index contributed by atoms with van der Waals surface area (Å²) in [7, 11) is 0.339. The van der Waals surface area contributed by atoms with Crippen LogP contribution in [0.5, 0.6) is 0 Å². The molecule has 0 bridgehead atoms. The van der Waals surface area contributed by atoms with Crippen molar-refractivity contribution in [2.24, 2.45) is 16.8 Å². The van der Waals surface area contributed by atoms with Crippen molar-refractivity contribution in [2.45, 2.75) is 58.9 Å². The Morgan fingerprint density at radius 2 is 1.88 bits per heavy atom. The topological polar surface area (TPSA) is 73.8 Å². The maximum Gasteiger partial charge on any atom is 0.213 e. The minimum Gasteiger partial charge on any atom is -0.356 e. The van der Waals surface area contributed by atoms with Crippen LogP contribution < -0.4 is 10.6 Å². The zero-order chi connectivity index (χ0) is 18.2. The Balaban J connectivity index is 2.27. The van der Waals surface area contributed by atoms with E-state index in [9.17, 15) is 8.42 Å². The van der Waals surface area contributed by atoms with Crippen LogP contribution in [0.4, 0.5) is 0 Å². The van der Waals surface area contributed by atoms with Crippen LogP contribution >= 0.6 is 0 Å². The largest absolute Gasteiger partial charge is 0.356 e. The number of sulfonamides is 1. The van der Waals surface area contributed by atoms with Gasteiger partial charge < -0.3 is 10.6 Å². The lowest BCUT2D eigenvalue weighted by Crippen LogP contribution is -2.45. The van der Waals surface area contributed by atoms with Gasteiger partial charge >= 0.3 is 0 Å². The average Bonchev–Trinajstić information content (AvgIpc) is 2.57. The molecule has 1 aliphatic carbocycles. The van der Waals surface area contributed by atoms with Crippen LogP contribution in [-0.2, 0) is 10.0 Å². The second-order valence-corrected chi connectivity index (χ2v) is 9.44. The van der Waals surface area contributed by atoms with Gasteiger partial charge in [-0.15, -0.1) is 0 Å². The van der Waals surface area contributed by atoms with E-state index in [1.807, 2.05) is 0 Å². The molecule has 1 aliphatic rings. The van der Waals surface area contributed by atoms with Crippen molar-refractivity contribution < 1.29 is 8.42 Å². The summed E-state index contributed by atoms with van der Waals surface area (Å²) in [5.41, 5.74) is 0. The van der Waals surface area contributed by atoms with Crippen LogP contribution in [0.2, 0.25) is 0 Å². The lowest BCUT2D eigenvalue weighted by molar-refractivity contribution is 0.250. The molecule has 0 radical (unpaired) electrons. The van der Waals surface area contributed by atoms with Crippen molar-refractivity contribution in [3.8, 4) is 0 Å². The highest BCUT2D eigenvalue weighted by molar-refractivity contribution is 7.89. The third kappa shape index (κ3) is 6.97. The summed E-state index contributed by atoms with van der Waals surface area (Å²) in [6.07, 6.45) is 5.72. The lowest BCUT2D eigenvalue weighted by Gasteiger charge is -2.32. The molecule has 1 fully saturated rings. The molecule has 142 valence electrons. The Hall–Kier alpha value is -0.820. The molecular formula is C17H36N4O2S. The molecule has 24 heavy (non-hydrogen) atoms. The molecule has 0 aromatic heterocycles. The molecule has 0 aromatic rings. The van der Waals surface area contributed by atoms with Gasteiger partial charge in [0.05, 0.1) is 5.75 Å². The van der Waals surface area contributed by atoms with Gasteiger partial charge in [0.1, 0.15) is 0 Å². The van der Waals surface area contributed by atoms with Gasteiger partial charge in [-0.1, -0.05) is 13.8 Å². The molecule has 0 saturated heterocycles. The molecule has 0 spiro atoms. The fraction of sp³-hybridized carbons (Fsp3) is 0.941. The second-order valence-electron chi connectivity index (χ2n) is 7.07. The van der Waals surface area contributed by atoms with E-state index in [1.54, 1.807) is 21.0 Å². The van der Waals surface area contributed by atoms with Crippen LogP contribution in [0, 0.1) is 11.8 Å². The lowest BCUT2D eigenvalue weighted by atomic mass is 9.80. The summed E-state index contributed by atoms with van der Waals surface area (Å²) in [5.74, 6) is 2.61. The highest BCUT2D eigenvalue weighted by atomic mass is 32.2. The quantitative estimate of drug-likeness (QED) is 0.395. The summed E-state index contributed by atoms with van der Waals surface area (Å²) in [4.78, 5) is 4.28. The Kier molecular flexibility index (Phi) is 9.05. The first-order valence-electron chi connectivity index (χ1n) is 9.21. The number of nitrogens with zero attached hydrogens (tertiary/aromatic N) is 2. The van der Waals surface area contributed by atoms with Crippen molar-refractivity contribution in [3.63, 3.8) is 0 Å². The molecule has 1 saturated carbocycles. The van der Waals surface area contributed by atoms with E-state index in [0.717, 1.165) is 24.2 Å². The van der Waals surface area contributed by atoms with Crippen molar-refractivity contribution in [1.29, 1.82) is 0 Å². The number of hydrogen-bond donors (Lipinski definition) is 2. The highest BCUT2D eigenvalue weighted by Crippen LogP contribution is 2.29. The van der Waals surface area contributed by atoms with Crippen LogP contribution in [0.1, 0.15) is 52.9 Å². The fourth-order valence-electron chi connectivity index (χ4n) is 3.19. The number of hydrogen-bond acceptors (Lipinski definition) is 3.